The summed E-state index contributed by atoms with van der Waals surface area (Å²) >= 11 is 0. The average Bonchev–Trinajstić information content (AvgIpc) is 3.59. The molecule has 0 N–H and O–H groups in total. The van der Waals surface area contributed by atoms with E-state index in [1.165, 1.54) is 13.0 Å². The molecule has 4 heterocycles. The molecule has 1 aromatic carbocycles. The fourth-order valence-electron chi connectivity index (χ4n) is 4.77. The van der Waals surface area contributed by atoms with Crippen LogP contribution in [0, 0.1) is 19.7 Å². The lowest BCUT2D eigenvalue weighted by Crippen LogP contribution is -2.20. The first-order chi connectivity index (χ1) is 17.4. The summed E-state index contributed by atoms with van der Waals surface area (Å²) in [5.74, 6) is -0.0975. The molecule has 186 valence electrons. The predicted molar refractivity (Wildman–Crippen MR) is 126 cm³/mol. The van der Waals surface area contributed by atoms with Gasteiger partial charge in [-0.2, -0.15) is 5.10 Å². The van der Waals surface area contributed by atoms with E-state index in [1.807, 2.05) is 17.1 Å². The summed E-state index contributed by atoms with van der Waals surface area (Å²) in [6.45, 7) is 3.76. The largest absolute Gasteiger partial charge is 0.373 e. The Labute approximate surface area is 205 Å². The van der Waals surface area contributed by atoms with Gasteiger partial charge in [-0.3, -0.25) is 4.68 Å². The van der Waals surface area contributed by atoms with Crippen molar-refractivity contribution in [3.05, 3.63) is 64.7 Å². The number of benzene rings is 1. The first kappa shape index (κ1) is 23.0. The highest BCUT2D eigenvalue weighted by molar-refractivity contribution is 5.87. The molecule has 0 unspecified atom stereocenters. The van der Waals surface area contributed by atoms with Gasteiger partial charge in [-0.15, -0.1) is 0 Å². The Morgan fingerprint density at radius 1 is 1.06 bits per heavy atom. The molecule has 36 heavy (non-hydrogen) atoms. The van der Waals surface area contributed by atoms with Gasteiger partial charge >= 0.3 is 0 Å². The van der Waals surface area contributed by atoms with Gasteiger partial charge in [-0.25, -0.2) is 33.1 Å². The number of alkyl halides is 2. The molecule has 2 aliphatic rings. The van der Waals surface area contributed by atoms with Crippen LogP contribution in [0.15, 0.2) is 30.6 Å². The molecule has 0 bridgehead atoms. The number of rotatable bonds is 5. The standard InChI is InChI=1S/C26H25F3N6O/c1-13-3-6-18(19(27)9-13)22-23-26(31-14(2)21(32-23)24(28)29)34-25(33-22)15-7-8-36-20(10-15)16-11-30-35(12-16)17-4-5-17/h3,6,9,11-12,15,17,20,24H,4-5,7-8,10H2,1-2H3/t15-,20+/m0/s1. The van der Waals surface area contributed by atoms with Crippen LogP contribution in [-0.4, -0.2) is 36.3 Å². The molecule has 6 rings (SSSR count). The quantitative estimate of drug-likeness (QED) is 0.341. The number of hydrogen-bond acceptors (Lipinski definition) is 6. The van der Waals surface area contributed by atoms with Crippen molar-refractivity contribution in [1.29, 1.82) is 0 Å². The molecule has 1 saturated heterocycles. The van der Waals surface area contributed by atoms with Crippen molar-refractivity contribution < 1.29 is 17.9 Å². The maximum absolute atomic E-state index is 15.0. The Balaban J connectivity index is 1.43. The van der Waals surface area contributed by atoms with Gasteiger partial charge in [0.05, 0.1) is 24.0 Å². The smallest absolute Gasteiger partial charge is 0.282 e. The lowest BCUT2D eigenvalue weighted by atomic mass is 9.92. The Kier molecular flexibility index (Phi) is 5.70. The lowest BCUT2D eigenvalue weighted by molar-refractivity contribution is 0.00396. The van der Waals surface area contributed by atoms with Crippen molar-refractivity contribution in [1.82, 2.24) is 29.7 Å². The van der Waals surface area contributed by atoms with E-state index in [4.69, 9.17) is 9.72 Å². The van der Waals surface area contributed by atoms with Gasteiger partial charge in [0.25, 0.3) is 6.43 Å². The maximum atomic E-state index is 15.0. The summed E-state index contributed by atoms with van der Waals surface area (Å²) in [4.78, 5) is 17.8. The molecular weight excluding hydrogens is 469 g/mol. The van der Waals surface area contributed by atoms with Crippen molar-refractivity contribution in [2.45, 2.75) is 64.0 Å². The summed E-state index contributed by atoms with van der Waals surface area (Å²) in [5, 5.41) is 4.48. The van der Waals surface area contributed by atoms with E-state index >= 15 is 4.39 Å². The highest BCUT2D eigenvalue weighted by atomic mass is 19.3. The van der Waals surface area contributed by atoms with Crippen LogP contribution in [0.25, 0.3) is 22.4 Å². The molecule has 2 atom stereocenters. The van der Waals surface area contributed by atoms with E-state index in [2.05, 4.69) is 20.1 Å². The zero-order valence-electron chi connectivity index (χ0n) is 20.0. The number of nitrogens with zero attached hydrogens (tertiary/aromatic N) is 6. The van der Waals surface area contributed by atoms with Crippen LogP contribution in [0.3, 0.4) is 0 Å². The fraction of sp³-hybridized carbons (Fsp3) is 0.423. The van der Waals surface area contributed by atoms with Crippen LogP contribution >= 0.6 is 0 Å². The average molecular weight is 495 g/mol. The molecule has 1 aliphatic heterocycles. The van der Waals surface area contributed by atoms with Gasteiger partial charge in [0.15, 0.2) is 5.65 Å². The van der Waals surface area contributed by atoms with E-state index in [-0.39, 0.29) is 40.1 Å². The second-order valence-corrected chi connectivity index (χ2v) is 9.65. The second-order valence-electron chi connectivity index (χ2n) is 9.65. The minimum atomic E-state index is -2.81. The summed E-state index contributed by atoms with van der Waals surface area (Å²) < 4.78 is 50.3. The number of halogens is 3. The Hall–Kier alpha value is -3.40. The van der Waals surface area contributed by atoms with Gasteiger partial charge in [0.1, 0.15) is 28.5 Å². The number of hydrogen-bond donors (Lipinski definition) is 0. The van der Waals surface area contributed by atoms with Crippen molar-refractivity contribution >= 4 is 11.2 Å². The Bertz CT molecular complexity index is 1450. The van der Waals surface area contributed by atoms with E-state index in [0.29, 0.717) is 31.3 Å². The van der Waals surface area contributed by atoms with Gasteiger partial charge < -0.3 is 4.74 Å². The number of aromatic nitrogens is 6. The third-order valence-electron chi connectivity index (χ3n) is 6.91. The van der Waals surface area contributed by atoms with E-state index in [0.717, 1.165) is 24.0 Å². The lowest BCUT2D eigenvalue weighted by Gasteiger charge is -2.28. The highest BCUT2D eigenvalue weighted by Gasteiger charge is 2.31. The van der Waals surface area contributed by atoms with Crippen molar-refractivity contribution in [2.24, 2.45) is 0 Å². The summed E-state index contributed by atoms with van der Waals surface area (Å²) in [6.07, 6.45) is 4.50. The number of ether oxygens (including phenoxy) is 1. The van der Waals surface area contributed by atoms with Gasteiger partial charge in [-0.1, -0.05) is 6.07 Å². The van der Waals surface area contributed by atoms with Gasteiger partial charge in [0, 0.05) is 29.8 Å². The minimum Gasteiger partial charge on any atom is -0.373 e. The van der Waals surface area contributed by atoms with Crippen LogP contribution in [0.2, 0.25) is 0 Å². The topological polar surface area (TPSA) is 78.6 Å². The molecular formula is C26H25F3N6O. The van der Waals surface area contributed by atoms with E-state index in [1.54, 1.807) is 19.1 Å². The summed E-state index contributed by atoms with van der Waals surface area (Å²) in [6, 6.07) is 5.22. The van der Waals surface area contributed by atoms with Crippen molar-refractivity contribution in [3.8, 4) is 11.3 Å². The summed E-state index contributed by atoms with van der Waals surface area (Å²) in [5.41, 5.74) is 1.99. The zero-order valence-corrected chi connectivity index (χ0v) is 20.0. The molecule has 1 saturated carbocycles. The third kappa shape index (κ3) is 4.23. The molecule has 0 radical (unpaired) electrons. The molecule has 1 aliphatic carbocycles. The van der Waals surface area contributed by atoms with E-state index < -0.39 is 17.9 Å². The van der Waals surface area contributed by atoms with Gasteiger partial charge in [0.2, 0.25) is 0 Å². The second kappa shape index (κ2) is 8.92. The normalized spacial score (nSPS) is 20.4. The van der Waals surface area contributed by atoms with Crippen LogP contribution in [-0.2, 0) is 4.74 Å². The molecule has 10 heteroatoms. The summed E-state index contributed by atoms with van der Waals surface area (Å²) in [7, 11) is 0. The monoisotopic (exact) mass is 494 g/mol. The molecule has 4 aromatic rings. The van der Waals surface area contributed by atoms with Crippen molar-refractivity contribution in [2.75, 3.05) is 6.61 Å². The van der Waals surface area contributed by atoms with E-state index in [9.17, 15) is 8.78 Å². The van der Waals surface area contributed by atoms with Crippen LogP contribution in [0.1, 0.15) is 78.5 Å². The molecule has 2 fully saturated rings. The Morgan fingerprint density at radius 3 is 2.64 bits per heavy atom. The number of aryl methyl sites for hydroxylation is 2. The molecule has 3 aromatic heterocycles. The van der Waals surface area contributed by atoms with Crippen molar-refractivity contribution in [3.63, 3.8) is 0 Å². The first-order valence-corrected chi connectivity index (χ1v) is 12.1. The van der Waals surface area contributed by atoms with Crippen LogP contribution in [0.5, 0.6) is 0 Å². The minimum absolute atomic E-state index is 0.0664. The number of fused-ring (bicyclic) bond motifs is 1. The third-order valence-corrected chi connectivity index (χ3v) is 6.91. The highest BCUT2D eigenvalue weighted by Crippen LogP contribution is 2.40. The molecule has 7 nitrogen and oxygen atoms in total. The van der Waals surface area contributed by atoms with Crippen LogP contribution < -0.4 is 0 Å². The van der Waals surface area contributed by atoms with Crippen LogP contribution in [0.4, 0.5) is 13.2 Å². The predicted octanol–water partition coefficient (Wildman–Crippen LogP) is 5.95. The Morgan fingerprint density at radius 2 is 1.89 bits per heavy atom. The fourth-order valence-corrected chi connectivity index (χ4v) is 4.77. The molecule has 0 spiro atoms. The van der Waals surface area contributed by atoms with Gasteiger partial charge in [-0.05, 0) is 57.2 Å². The maximum Gasteiger partial charge on any atom is 0.282 e. The SMILES string of the molecule is Cc1ccc(-c2nc([C@H]3CCO[C@@H](c4cnn(C5CC5)c4)C3)nc3nc(C)c(C(F)F)nc23)c(F)c1. The first-order valence-electron chi connectivity index (χ1n) is 12.1. The molecule has 0 amide bonds. The zero-order chi connectivity index (χ0) is 25.0.